The SMILES string of the molecule is O=C(O)Cc1ncc(C2CCCCC2)s1. The molecule has 2 rings (SSSR count). The van der Waals surface area contributed by atoms with Gasteiger partial charge in [-0.15, -0.1) is 11.3 Å². The highest BCUT2D eigenvalue weighted by atomic mass is 32.1. The van der Waals surface area contributed by atoms with Crippen LogP contribution in [0.25, 0.3) is 0 Å². The van der Waals surface area contributed by atoms with Gasteiger partial charge in [-0.1, -0.05) is 19.3 Å². The maximum atomic E-state index is 10.5. The van der Waals surface area contributed by atoms with E-state index in [0.29, 0.717) is 5.92 Å². The van der Waals surface area contributed by atoms with Crippen LogP contribution in [0.2, 0.25) is 0 Å². The van der Waals surface area contributed by atoms with E-state index >= 15 is 0 Å². The molecule has 82 valence electrons. The second-order valence-electron chi connectivity index (χ2n) is 4.06. The normalized spacial score (nSPS) is 17.9. The van der Waals surface area contributed by atoms with Crippen molar-refractivity contribution in [2.75, 3.05) is 0 Å². The maximum absolute atomic E-state index is 10.5. The van der Waals surface area contributed by atoms with Gasteiger partial charge in [-0.2, -0.15) is 0 Å². The predicted molar refractivity (Wildman–Crippen MR) is 59.3 cm³/mol. The fourth-order valence-electron chi connectivity index (χ4n) is 2.11. The Balaban J connectivity index is 2.02. The van der Waals surface area contributed by atoms with E-state index < -0.39 is 5.97 Å². The Morgan fingerprint density at radius 2 is 2.20 bits per heavy atom. The van der Waals surface area contributed by atoms with Crippen LogP contribution in [0, 0.1) is 0 Å². The van der Waals surface area contributed by atoms with Crippen LogP contribution in [0.5, 0.6) is 0 Å². The van der Waals surface area contributed by atoms with Crippen molar-refractivity contribution in [3.63, 3.8) is 0 Å². The van der Waals surface area contributed by atoms with Crippen molar-refractivity contribution in [2.45, 2.75) is 44.4 Å². The lowest BCUT2D eigenvalue weighted by molar-refractivity contribution is -0.136. The first kappa shape index (κ1) is 10.6. The van der Waals surface area contributed by atoms with Crippen molar-refractivity contribution in [1.82, 2.24) is 4.98 Å². The fourth-order valence-corrected chi connectivity index (χ4v) is 3.19. The fraction of sp³-hybridized carbons (Fsp3) is 0.636. The third-order valence-electron chi connectivity index (χ3n) is 2.88. The largest absolute Gasteiger partial charge is 0.481 e. The Hall–Kier alpha value is -0.900. The molecule has 0 aromatic carbocycles. The highest BCUT2D eigenvalue weighted by Crippen LogP contribution is 2.35. The molecule has 4 heteroatoms. The van der Waals surface area contributed by atoms with Crippen molar-refractivity contribution >= 4 is 17.3 Å². The van der Waals surface area contributed by atoms with Gasteiger partial charge in [0.2, 0.25) is 0 Å². The average Bonchev–Trinajstić information content (AvgIpc) is 2.67. The smallest absolute Gasteiger partial charge is 0.310 e. The van der Waals surface area contributed by atoms with Gasteiger partial charge in [-0.25, -0.2) is 4.98 Å². The number of carbonyl (C=O) groups is 1. The van der Waals surface area contributed by atoms with Crippen molar-refractivity contribution in [3.8, 4) is 0 Å². The number of aromatic nitrogens is 1. The van der Waals surface area contributed by atoms with Gasteiger partial charge < -0.3 is 5.11 Å². The average molecular weight is 225 g/mol. The third-order valence-corrected chi connectivity index (χ3v) is 4.04. The molecule has 0 amide bonds. The highest BCUT2D eigenvalue weighted by Gasteiger charge is 2.18. The Labute approximate surface area is 93.2 Å². The number of hydrogen-bond acceptors (Lipinski definition) is 3. The topological polar surface area (TPSA) is 50.2 Å². The Morgan fingerprint density at radius 1 is 1.47 bits per heavy atom. The first-order valence-electron chi connectivity index (χ1n) is 5.42. The lowest BCUT2D eigenvalue weighted by Gasteiger charge is -2.19. The molecule has 0 aliphatic heterocycles. The summed E-state index contributed by atoms with van der Waals surface area (Å²) >= 11 is 1.58. The molecule has 0 unspecified atom stereocenters. The summed E-state index contributed by atoms with van der Waals surface area (Å²) in [7, 11) is 0. The van der Waals surface area contributed by atoms with Crippen LogP contribution >= 0.6 is 11.3 Å². The van der Waals surface area contributed by atoms with E-state index in [9.17, 15) is 4.79 Å². The van der Waals surface area contributed by atoms with Crippen LogP contribution in [0.3, 0.4) is 0 Å². The molecular weight excluding hydrogens is 210 g/mol. The van der Waals surface area contributed by atoms with Gasteiger partial charge in [0.1, 0.15) is 5.01 Å². The molecule has 1 fully saturated rings. The van der Waals surface area contributed by atoms with Gasteiger partial charge in [0.05, 0.1) is 6.42 Å². The maximum Gasteiger partial charge on any atom is 0.310 e. The number of thiazole rings is 1. The van der Waals surface area contributed by atoms with Gasteiger partial charge in [-0.3, -0.25) is 4.79 Å². The van der Waals surface area contributed by atoms with Gasteiger partial charge in [0.25, 0.3) is 0 Å². The third kappa shape index (κ3) is 2.78. The minimum atomic E-state index is -0.792. The first-order valence-corrected chi connectivity index (χ1v) is 6.24. The molecule has 3 nitrogen and oxygen atoms in total. The zero-order valence-electron chi connectivity index (χ0n) is 8.61. The van der Waals surface area contributed by atoms with Crippen LogP contribution in [-0.2, 0) is 11.2 Å². The first-order chi connectivity index (χ1) is 7.25. The van der Waals surface area contributed by atoms with Crippen LogP contribution in [0.1, 0.15) is 47.9 Å². The Morgan fingerprint density at radius 3 is 2.87 bits per heavy atom. The molecule has 0 atom stereocenters. The number of carboxylic acid groups (broad SMARTS) is 1. The van der Waals surface area contributed by atoms with E-state index in [1.165, 1.54) is 37.0 Å². The number of hydrogen-bond donors (Lipinski definition) is 1. The lowest BCUT2D eigenvalue weighted by Crippen LogP contribution is -2.02. The molecule has 1 heterocycles. The van der Waals surface area contributed by atoms with E-state index in [4.69, 9.17) is 5.11 Å². The van der Waals surface area contributed by atoms with E-state index in [1.54, 1.807) is 11.3 Å². The summed E-state index contributed by atoms with van der Waals surface area (Å²) in [5, 5.41) is 9.39. The molecule has 1 aromatic rings. The van der Waals surface area contributed by atoms with Gasteiger partial charge >= 0.3 is 5.97 Å². The second-order valence-corrected chi connectivity index (χ2v) is 5.21. The number of rotatable bonds is 3. The molecule has 0 bridgehead atoms. The summed E-state index contributed by atoms with van der Waals surface area (Å²) in [6.07, 6.45) is 8.38. The summed E-state index contributed by atoms with van der Waals surface area (Å²) in [4.78, 5) is 16.0. The molecule has 0 radical (unpaired) electrons. The molecule has 1 aliphatic carbocycles. The van der Waals surface area contributed by atoms with Crippen molar-refractivity contribution in [3.05, 3.63) is 16.1 Å². The molecule has 0 saturated heterocycles. The predicted octanol–water partition coefficient (Wildman–Crippen LogP) is 2.82. The van der Waals surface area contributed by atoms with Crippen molar-refractivity contribution in [1.29, 1.82) is 0 Å². The molecule has 15 heavy (non-hydrogen) atoms. The zero-order valence-corrected chi connectivity index (χ0v) is 9.42. The quantitative estimate of drug-likeness (QED) is 0.860. The molecule has 1 saturated carbocycles. The molecule has 1 aliphatic rings. The minimum Gasteiger partial charge on any atom is -0.481 e. The number of aliphatic carboxylic acids is 1. The van der Waals surface area contributed by atoms with Crippen molar-refractivity contribution in [2.24, 2.45) is 0 Å². The monoisotopic (exact) mass is 225 g/mol. The van der Waals surface area contributed by atoms with E-state index in [1.807, 2.05) is 6.20 Å². The second kappa shape index (κ2) is 4.75. The summed E-state index contributed by atoms with van der Waals surface area (Å²) in [5.74, 6) is -0.154. The van der Waals surface area contributed by atoms with Crippen LogP contribution < -0.4 is 0 Å². The van der Waals surface area contributed by atoms with Gasteiger partial charge in [-0.05, 0) is 18.8 Å². The Kier molecular flexibility index (Phi) is 3.36. The summed E-state index contributed by atoms with van der Waals surface area (Å²) in [5.41, 5.74) is 0. The molecule has 0 spiro atoms. The minimum absolute atomic E-state index is 0.0669. The van der Waals surface area contributed by atoms with Crippen LogP contribution in [0.15, 0.2) is 6.20 Å². The summed E-state index contributed by atoms with van der Waals surface area (Å²) in [6, 6.07) is 0. The van der Waals surface area contributed by atoms with Gasteiger partial charge in [0.15, 0.2) is 0 Å². The zero-order chi connectivity index (χ0) is 10.7. The van der Waals surface area contributed by atoms with Crippen LogP contribution in [0.4, 0.5) is 0 Å². The molecule has 1 N–H and O–H groups in total. The molecular formula is C11H15NO2S. The van der Waals surface area contributed by atoms with Crippen LogP contribution in [-0.4, -0.2) is 16.1 Å². The van der Waals surface area contributed by atoms with Crippen molar-refractivity contribution < 1.29 is 9.90 Å². The standard InChI is InChI=1S/C11H15NO2S/c13-11(14)6-10-12-7-9(15-10)8-4-2-1-3-5-8/h7-8H,1-6H2,(H,13,14). The van der Waals surface area contributed by atoms with Gasteiger partial charge in [0, 0.05) is 11.1 Å². The molecule has 1 aromatic heterocycles. The van der Waals surface area contributed by atoms with E-state index in [0.717, 1.165) is 5.01 Å². The lowest BCUT2D eigenvalue weighted by atomic mass is 9.89. The highest BCUT2D eigenvalue weighted by molar-refractivity contribution is 7.11. The number of nitrogens with zero attached hydrogens (tertiary/aromatic N) is 1. The van der Waals surface area contributed by atoms with E-state index in [2.05, 4.69) is 4.98 Å². The summed E-state index contributed by atoms with van der Waals surface area (Å²) in [6.45, 7) is 0. The number of carboxylic acids is 1. The summed E-state index contributed by atoms with van der Waals surface area (Å²) < 4.78 is 0. The Bertz CT molecular complexity index is 342. The van der Waals surface area contributed by atoms with E-state index in [-0.39, 0.29) is 6.42 Å².